The molecule has 1 N–H and O–H groups in total. The predicted octanol–water partition coefficient (Wildman–Crippen LogP) is 4.85. The van der Waals surface area contributed by atoms with Crippen molar-refractivity contribution in [1.82, 2.24) is 4.98 Å². The molecule has 1 saturated carbocycles. The largest absolute Gasteiger partial charge is 0.417 e. The average Bonchev–Trinajstić information content (AvgIpc) is 2.29. The van der Waals surface area contributed by atoms with Crippen molar-refractivity contribution in [1.29, 1.82) is 0 Å². The number of nitrogens with zero attached hydrogens (tertiary/aromatic N) is 1. The van der Waals surface area contributed by atoms with Gasteiger partial charge in [-0.1, -0.05) is 0 Å². The predicted molar refractivity (Wildman–Crippen MR) is 67.8 cm³/mol. The van der Waals surface area contributed by atoms with Crippen LogP contribution < -0.4 is 5.32 Å². The molecule has 2 rings (SSSR count). The van der Waals surface area contributed by atoms with E-state index in [4.69, 9.17) is 0 Å². The van der Waals surface area contributed by atoms with Crippen molar-refractivity contribution >= 4 is 21.7 Å². The van der Waals surface area contributed by atoms with E-state index in [1.807, 2.05) is 0 Å². The highest BCUT2D eigenvalue weighted by molar-refractivity contribution is 9.10. The number of hydrogen-bond donors (Lipinski definition) is 1. The van der Waals surface area contributed by atoms with Gasteiger partial charge in [0.1, 0.15) is 5.82 Å². The van der Waals surface area contributed by atoms with E-state index in [1.54, 1.807) is 0 Å². The molecular formula is C12H12BrF5N2. The van der Waals surface area contributed by atoms with Crippen LogP contribution in [0.15, 0.2) is 16.7 Å². The minimum absolute atomic E-state index is 0.0387. The lowest BCUT2D eigenvalue weighted by Crippen LogP contribution is -2.34. The minimum Gasteiger partial charge on any atom is -0.367 e. The topological polar surface area (TPSA) is 24.9 Å². The van der Waals surface area contributed by atoms with Crippen LogP contribution in [0.5, 0.6) is 0 Å². The Labute approximate surface area is 120 Å². The smallest absolute Gasteiger partial charge is 0.367 e. The van der Waals surface area contributed by atoms with Gasteiger partial charge in [0.05, 0.1) is 5.56 Å². The minimum atomic E-state index is -4.52. The number of anilines is 1. The van der Waals surface area contributed by atoms with Crippen molar-refractivity contribution in [3.05, 3.63) is 22.3 Å². The zero-order valence-corrected chi connectivity index (χ0v) is 11.9. The molecule has 1 atom stereocenters. The lowest BCUT2D eigenvalue weighted by atomic mass is 9.92. The standard InChI is InChI=1S/C12H12BrF5N2/c13-9-6-19-10(4-8(9)12(16,17)18)20-7-2-1-3-11(14,15)5-7/h4,6-7H,1-3,5H2,(H,19,20). The van der Waals surface area contributed by atoms with Crippen molar-refractivity contribution in [2.75, 3.05) is 5.32 Å². The van der Waals surface area contributed by atoms with Crippen LogP contribution in [0, 0.1) is 0 Å². The molecule has 0 bridgehead atoms. The van der Waals surface area contributed by atoms with E-state index >= 15 is 0 Å². The maximum absolute atomic E-state index is 13.2. The molecule has 0 radical (unpaired) electrons. The van der Waals surface area contributed by atoms with E-state index in [0.717, 1.165) is 12.3 Å². The summed E-state index contributed by atoms with van der Waals surface area (Å²) in [5.74, 6) is -2.80. The molecule has 1 aromatic rings. The quantitative estimate of drug-likeness (QED) is 0.764. The van der Waals surface area contributed by atoms with Gasteiger partial charge in [0, 0.05) is 29.6 Å². The molecule has 2 nitrogen and oxygen atoms in total. The SMILES string of the molecule is FC1(F)CCCC(Nc2cc(C(F)(F)F)c(Br)cn2)C1. The van der Waals surface area contributed by atoms with Gasteiger partial charge in [0.2, 0.25) is 5.92 Å². The van der Waals surface area contributed by atoms with Crippen LogP contribution in [0.25, 0.3) is 0 Å². The van der Waals surface area contributed by atoms with Crippen LogP contribution in [-0.4, -0.2) is 16.9 Å². The van der Waals surface area contributed by atoms with Crippen molar-refractivity contribution in [2.45, 2.75) is 43.8 Å². The summed E-state index contributed by atoms with van der Waals surface area (Å²) in [5.41, 5.74) is -0.877. The molecule has 112 valence electrons. The number of aromatic nitrogens is 1. The van der Waals surface area contributed by atoms with Crippen molar-refractivity contribution in [3.8, 4) is 0 Å². The lowest BCUT2D eigenvalue weighted by molar-refractivity contribution is -0.138. The Kier molecular flexibility index (Phi) is 4.22. The van der Waals surface area contributed by atoms with Gasteiger partial charge in [-0.3, -0.25) is 0 Å². The van der Waals surface area contributed by atoms with Gasteiger partial charge in [-0.15, -0.1) is 0 Å². The fourth-order valence-electron chi connectivity index (χ4n) is 2.24. The normalized spacial score (nSPS) is 22.6. The summed E-state index contributed by atoms with van der Waals surface area (Å²) in [7, 11) is 0. The van der Waals surface area contributed by atoms with Crippen LogP contribution >= 0.6 is 15.9 Å². The Morgan fingerprint density at radius 3 is 2.65 bits per heavy atom. The molecule has 1 aliphatic carbocycles. The molecule has 0 spiro atoms. The van der Waals surface area contributed by atoms with Gasteiger partial charge in [0.15, 0.2) is 0 Å². The van der Waals surface area contributed by atoms with Crippen LogP contribution in [0.3, 0.4) is 0 Å². The average molecular weight is 359 g/mol. The van der Waals surface area contributed by atoms with E-state index in [9.17, 15) is 22.0 Å². The fourth-order valence-corrected chi connectivity index (χ4v) is 2.68. The molecule has 1 unspecified atom stereocenters. The molecule has 1 heterocycles. The Bertz CT molecular complexity index is 489. The first-order valence-corrected chi connectivity index (χ1v) is 6.84. The second kappa shape index (κ2) is 5.46. The second-order valence-corrected chi connectivity index (χ2v) is 5.70. The lowest BCUT2D eigenvalue weighted by Gasteiger charge is -2.29. The third kappa shape index (κ3) is 3.80. The Balaban J connectivity index is 2.14. The summed E-state index contributed by atoms with van der Waals surface area (Å²) in [5, 5.41) is 2.66. The Morgan fingerprint density at radius 2 is 2.05 bits per heavy atom. The highest BCUT2D eigenvalue weighted by Crippen LogP contribution is 2.37. The maximum Gasteiger partial charge on any atom is 0.417 e. The molecule has 0 saturated heterocycles. The summed E-state index contributed by atoms with van der Waals surface area (Å²) in [6, 6.07) is 0.269. The monoisotopic (exact) mass is 358 g/mol. The number of alkyl halides is 5. The van der Waals surface area contributed by atoms with E-state index in [-0.39, 0.29) is 23.1 Å². The zero-order valence-electron chi connectivity index (χ0n) is 10.3. The summed E-state index contributed by atoms with van der Waals surface area (Å²) in [6.45, 7) is 0. The van der Waals surface area contributed by atoms with Gasteiger partial charge < -0.3 is 5.32 Å². The number of hydrogen-bond acceptors (Lipinski definition) is 2. The molecule has 0 amide bonds. The third-order valence-corrected chi connectivity index (χ3v) is 3.78. The van der Waals surface area contributed by atoms with Crippen LogP contribution in [0.1, 0.15) is 31.2 Å². The molecule has 0 aliphatic heterocycles. The molecule has 1 aromatic heterocycles. The summed E-state index contributed by atoms with van der Waals surface area (Å²) < 4.78 is 64.5. The van der Waals surface area contributed by atoms with Crippen LogP contribution in [0.2, 0.25) is 0 Å². The summed E-state index contributed by atoms with van der Waals surface area (Å²) in [4.78, 5) is 3.79. The zero-order chi connectivity index (χ0) is 15.0. The van der Waals surface area contributed by atoms with E-state index in [0.29, 0.717) is 12.8 Å². The number of nitrogens with one attached hydrogen (secondary N) is 1. The summed E-state index contributed by atoms with van der Waals surface area (Å²) >= 11 is 2.78. The first-order valence-electron chi connectivity index (χ1n) is 6.04. The summed E-state index contributed by atoms with van der Waals surface area (Å²) in [6.07, 6.45) is -3.22. The van der Waals surface area contributed by atoms with E-state index in [1.165, 1.54) is 0 Å². The number of pyridine rings is 1. The van der Waals surface area contributed by atoms with Gasteiger partial charge in [-0.25, -0.2) is 13.8 Å². The van der Waals surface area contributed by atoms with E-state index in [2.05, 4.69) is 26.2 Å². The number of halogens is 6. The second-order valence-electron chi connectivity index (χ2n) is 4.84. The maximum atomic E-state index is 13.2. The Hall–Kier alpha value is -0.920. The number of rotatable bonds is 2. The fraction of sp³-hybridized carbons (Fsp3) is 0.583. The van der Waals surface area contributed by atoms with Crippen LogP contribution in [-0.2, 0) is 6.18 Å². The molecule has 1 fully saturated rings. The third-order valence-electron chi connectivity index (χ3n) is 3.15. The van der Waals surface area contributed by atoms with Crippen molar-refractivity contribution in [3.63, 3.8) is 0 Å². The van der Waals surface area contributed by atoms with Crippen molar-refractivity contribution in [2.24, 2.45) is 0 Å². The molecular weight excluding hydrogens is 347 g/mol. The molecule has 0 aromatic carbocycles. The van der Waals surface area contributed by atoms with Crippen molar-refractivity contribution < 1.29 is 22.0 Å². The molecule has 20 heavy (non-hydrogen) atoms. The van der Waals surface area contributed by atoms with Gasteiger partial charge in [0.25, 0.3) is 0 Å². The first kappa shape index (κ1) is 15.5. The molecule has 1 aliphatic rings. The van der Waals surface area contributed by atoms with Gasteiger partial charge >= 0.3 is 6.18 Å². The van der Waals surface area contributed by atoms with E-state index < -0.39 is 23.7 Å². The van der Waals surface area contributed by atoms with Gasteiger partial charge in [-0.2, -0.15) is 13.2 Å². The highest BCUT2D eigenvalue weighted by atomic mass is 79.9. The van der Waals surface area contributed by atoms with Crippen LogP contribution in [0.4, 0.5) is 27.8 Å². The van der Waals surface area contributed by atoms with Gasteiger partial charge in [-0.05, 0) is 34.8 Å². The molecule has 8 heteroatoms. The highest BCUT2D eigenvalue weighted by Gasteiger charge is 2.37. The Morgan fingerprint density at radius 1 is 1.35 bits per heavy atom. The first-order chi connectivity index (χ1) is 9.17.